The SMILES string of the molecule is CCNc1nc(C2CC2)nc(NCC2CCC(O)C2)c1C. The normalized spacial score (nSPS) is 25.1. The predicted octanol–water partition coefficient (Wildman–Crippen LogP) is 2.67. The number of aliphatic hydroxyl groups is 1. The molecule has 0 saturated heterocycles. The zero-order valence-corrected chi connectivity index (χ0v) is 13.0. The van der Waals surface area contributed by atoms with Crippen LogP contribution in [0.5, 0.6) is 0 Å². The van der Waals surface area contributed by atoms with Crippen LogP contribution >= 0.6 is 0 Å². The average molecular weight is 290 g/mol. The number of nitrogens with zero attached hydrogens (tertiary/aromatic N) is 2. The summed E-state index contributed by atoms with van der Waals surface area (Å²) >= 11 is 0. The fourth-order valence-corrected chi connectivity index (χ4v) is 3.04. The van der Waals surface area contributed by atoms with Crippen LogP contribution in [0.4, 0.5) is 11.6 Å². The monoisotopic (exact) mass is 290 g/mol. The van der Waals surface area contributed by atoms with E-state index in [9.17, 15) is 5.11 Å². The fourth-order valence-electron chi connectivity index (χ4n) is 3.04. The summed E-state index contributed by atoms with van der Waals surface area (Å²) in [5, 5.41) is 16.5. The van der Waals surface area contributed by atoms with Gasteiger partial charge in [0.05, 0.1) is 6.10 Å². The van der Waals surface area contributed by atoms with Crippen LogP contribution in [-0.2, 0) is 0 Å². The molecule has 3 rings (SSSR count). The lowest BCUT2D eigenvalue weighted by Gasteiger charge is -2.16. The smallest absolute Gasteiger partial charge is 0.136 e. The number of aromatic nitrogens is 2. The molecule has 3 N–H and O–H groups in total. The van der Waals surface area contributed by atoms with Gasteiger partial charge < -0.3 is 15.7 Å². The van der Waals surface area contributed by atoms with Crippen LogP contribution in [0.3, 0.4) is 0 Å². The van der Waals surface area contributed by atoms with Crippen molar-refractivity contribution in [3.63, 3.8) is 0 Å². The zero-order chi connectivity index (χ0) is 14.8. The maximum Gasteiger partial charge on any atom is 0.136 e. The van der Waals surface area contributed by atoms with E-state index < -0.39 is 0 Å². The van der Waals surface area contributed by atoms with Gasteiger partial charge in [-0.15, -0.1) is 0 Å². The van der Waals surface area contributed by atoms with E-state index in [2.05, 4.69) is 29.5 Å². The lowest BCUT2D eigenvalue weighted by atomic mass is 10.1. The van der Waals surface area contributed by atoms with Crippen LogP contribution in [0, 0.1) is 12.8 Å². The predicted molar refractivity (Wildman–Crippen MR) is 84.7 cm³/mol. The van der Waals surface area contributed by atoms with Gasteiger partial charge in [0.15, 0.2) is 0 Å². The molecule has 2 unspecified atom stereocenters. The molecule has 0 aromatic carbocycles. The summed E-state index contributed by atoms with van der Waals surface area (Å²) in [5.74, 6) is 4.01. The first-order valence-corrected chi connectivity index (χ1v) is 8.21. The molecule has 0 radical (unpaired) electrons. The van der Waals surface area contributed by atoms with Gasteiger partial charge in [0.2, 0.25) is 0 Å². The molecule has 5 nitrogen and oxygen atoms in total. The van der Waals surface area contributed by atoms with E-state index >= 15 is 0 Å². The summed E-state index contributed by atoms with van der Waals surface area (Å²) in [6, 6.07) is 0. The third-order valence-electron chi connectivity index (χ3n) is 4.52. The van der Waals surface area contributed by atoms with Crippen molar-refractivity contribution in [2.45, 2.75) is 58.0 Å². The van der Waals surface area contributed by atoms with Gasteiger partial charge in [-0.2, -0.15) is 0 Å². The molecule has 0 amide bonds. The first-order valence-electron chi connectivity index (χ1n) is 8.21. The Labute approximate surface area is 126 Å². The van der Waals surface area contributed by atoms with E-state index in [1.165, 1.54) is 12.8 Å². The van der Waals surface area contributed by atoms with Crippen LogP contribution in [0.2, 0.25) is 0 Å². The van der Waals surface area contributed by atoms with E-state index in [-0.39, 0.29) is 6.10 Å². The highest BCUT2D eigenvalue weighted by molar-refractivity contribution is 5.57. The molecule has 0 spiro atoms. The van der Waals surface area contributed by atoms with Gasteiger partial charge in [-0.3, -0.25) is 0 Å². The van der Waals surface area contributed by atoms with Crippen molar-refractivity contribution < 1.29 is 5.11 Å². The minimum absolute atomic E-state index is 0.109. The highest BCUT2D eigenvalue weighted by atomic mass is 16.3. The van der Waals surface area contributed by atoms with Crippen LogP contribution < -0.4 is 10.6 Å². The molecule has 2 saturated carbocycles. The lowest BCUT2D eigenvalue weighted by molar-refractivity contribution is 0.178. The molecule has 1 aromatic heterocycles. The second-order valence-corrected chi connectivity index (χ2v) is 6.42. The third kappa shape index (κ3) is 3.46. The van der Waals surface area contributed by atoms with E-state index in [1.807, 2.05) is 0 Å². The number of nitrogens with one attached hydrogen (secondary N) is 2. The molecule has 2 aliphatic rings. The highest BCUT2D eigenvalue weighted by Gasteiger charge is 2.28. The minimum atomic E-state index is -0.109. The number of anilines is 2. The Balaban J connectivity index is 1.72. The van der Waals surface area contributed by atoms with Crippen molar-refractivity contribution in [3.05, 3.63) is 11.4 Å². The van der Waals surface area contributed by atoms with Crippen molar-refractivity contribution >= 4 is 11.6 Å². The van der Waals surface area contributed by atoms with Gasteiger partial charge in [0.25, 0.3) is 0 Å². The molecule has 1 aromatic rings. The van der Waals surface area contributed by atoms with Crippen LogP contribution in [0.1, 0.15) is 56.3 Å². The van der Waals surface area contributed by atoms with E-state index in [4.69, 9.17) is 4.98 Å². The van der Waals surface area contributed by atoms with Crippen molar-refractivity contribution in [2.24, 2.45) is 5.92 Å². The van der Waals surface area contributed by atoms with Crippen LogP contribution in [0.15, 0.2) is 0 Å². The Morgan fingerprint density at radius 3 is 2.38 bits per heavy atom. The second-order valence-electron chi connectivity index (χ2n) is 6.42. The summed E-state index contributed by atoms with van der Waals surface area (Å²) in [6.07, 6.45) is 5.26. The average Bonchev–Trinajstić information content (AvgIpc) is 3.23. The Morgan fingerprint density at radius 1 is 1.10 bits per heavy atom. The number of hydrogen-bond donors (Lipinski definition) is 3. The van der Waals surface area contributed by atoms with Crippen molar-refractivity contribution in [1.29, 1.82) is 0 Å². The Hall–Kier alpha value is -1.36. The second kappa shape index (κ2) is 6.18. The van der Waals surface area contributed by atoms with E-state index in [1.54, 1.807) is 0 Å². The van der Waals surface area contributed by atoms with Gasteiger partial charge in [0.1, 0.15) is 17.5 Å². The largest absolute Gasteiger partial charge is 0.393 e. The van der Waals surface area contributed by atoms with Gasteiger partial charge in [-0.05, 0) is 51.9 Å². The molecular formula is C16H26N4O. The molecule has 2 atom stereocenters. The van der Waals surface area contributed by atoms with Crippen molar-refractivity contribution in [3.8, 4) is 0 Å². The van der Waals surface area contributed by atoms with Gasteiger partial charge in [0, 0.05) is 24.6 Å². The zero-order valence-electron chi connectivity index (χ0n) is 13.0. The third-order valence-corrected chi connectivity index (χ3v) is 4.52. The molecule has 2 aliphatic carbocycles. The number of rotatable bonds is 6. The Bertz CT molecular complexity index is 501. The Morgan fingerprint density at radius 2 is 1.81 bits per heavy atom. The van der Waals surface area contributed by atoms with Crippen LogP contribution in [-0.4, -0.2) is 34.3 Å². The number of aliphatic hydroxyl groups excluding tert-OH is 1. The molecule has 0 bridgehead atoms. The summed E-state index contributed by atoms with van der Waals surface area (Å²) in [6.45, 7) is 5.92. The minimum Gasteiger partial charge on any atom is -0.393 e. The van der Waals surface area contributed by atoms with Crippen molar-refractivity contribution in [2.75, 3.05) is 23.7 Å². The topological polar surface area (TPSA) is 70.1 Å². The van der Waals surface area contributed by atoms with Gasteiger partial charge in [-0.1, -0.05) is 0 Å². The number of hydrogen-bond acceptors (Lipinski definition) is 5. The standard InChI is InChI=1S/C16H26N4O/c1-3-17-14-10(2)15(20-16(19-14)12-5-6-12)18-9-11-4-7-13(21)8-11/h11-13,21H,3-9H2,1-2H3,(H2,17,18,19,20). The fraction of sp³-hybridized carbons (Fsp3) is 0.750. The summed E-state index contributed by atoms with van der Waals surface area (Å²) in [4.78, 5) is 9.41. The first kappa shape index (κ1) is 14.6. The summed E-state index contributed by atoms with van der Waals surface area (Å²) < 4.78 is 0. The Kier molecular flexibility index (Phi) is 4.29. The molecule has 2 fully saturated rings. The summed E-state index contributed by atoms with van der Waals surface area (Å²) in [5.41, 5.74) is 1.10. The molecule has 0 aliphatic heterocycles. The molecule has 21 heavy (non-hydrogen) atoms. The van der Waals surface area contributed by atoms with Crippen molar-refractivity contribution in [1.82, 2.24) is 9.97 Å². The lowest BCUT2D eigenvalue weighted by Crippen LogP contribution is -2.16. The quantitative estimate of drug-likeness (QED) is 0.751. The van der Waals surface area contributed by atoms with E-state index in [0.717, 1.165) is 55.4 Å². The van der Waals surface area contributed by atoms with Gasteiger partial charge in [-0.25, -0.2) is 9.97 Å². The summed E-state index contributed by atoms with van der Waals surface area (Å²) in [7, 11) is 0. The molecule has 5 heteroatoms. The maximum atomic E-state index is 9.63. The van der Waals surface area contributed by atoms with Crippen LogP contribution in [0.25, 0.3) is 0 Å². The van der Waals surface area contributed by atoms with E-state index in [0.29, 0.717) is 11.8 Å². The first-order chi connectivity index (χ1) is 10.2. The van der Waals surface area contributed by atoms with Gasteiger partial charge >= 0.3 is 0 Å². The molecule has 116 valence electrons. The maximum absolute atomic E-state index is 9.63. The highest BCUT2D eigenvalue weighted by Crippen LogP contribution is 2.39. The molecule has 1 heterocycles. The molecular weight excluding hydrogens is 264 g/mol.